The summed E-state index contributed by atoms with van der Waals surface area (Å²) in [5.74, 6) is -9.11. The molecule has 0 fully saturated rings. The molecule has 20 nitrogen and oxygen atoms in total. The Hall–Kier alpha value is -4.40. The Morgan fingerprint density at radius 3 is 0.477 bits per heavy atom. The molecule has 0 heterocycles. The molecule has 44 heavy (non-hydrogen) atoms. The molecular weight excluding hydrogens is 600 g/mol. The van der Waals surface area contributed by atoms with Crippen LogP contribution in [0, 0.1) is 0 Å². The number of carbonyl (C=O) groups is 8. The van der Waals surface area contributed by atoms with Crippen LogP contribution >= 0.6 is 0 Å². The second-order valence-electron chi connectivity index (χ2n) is 9.41. The van der Waals surface area contributed by atoms with Crippen molar-refractivity contribution in [2.45, 2.75) is 25.7 Å². The molecule has 0 aromatic rings. The van der Waals surface area contributed by atoms with E-state index in [2.05, 4.69) is 0 Å². The van der Waals surface area contributed by atoms with Gasteiger partial charge in [-0.25, -0.2) is 0 Å². The third-order valence-corrected chi connectivity index (χ3v) is 5.27. The van der Waals surface area contributed by atoms with Crippen molar-refractivity contribution < 1.29 is 79.2 Å². The van der Waals surface area contributed by atoms with Crippen molar-refractivity contribution in [3.63, 3.8) is 0 Å². The normalized spacial score (nSPS) is 10.8. The Labute approximate surface area is 251 Å². The van der Waals surface area contributed by atoms with E-state index in [0.717, 1.165) is 0 Å². The number of rotatable bonds is 26. The van der Waals surface area contributed by atoms with Crippen molar-refractivity contribution >= 4 is 47.8 Å². The monoisotopic (exact) mass is 640 g/mol. The molecule has 0 unspecified atom stereocenters. The van der Waals surface area contributed by atoms with E-state index in [4.69, 9.17) is 40.9 Å². The van der Waals surface area contributed by atoms with Crippen LogP contribution in [0.2, 0.25) is 0 Å². The van der Waals surface area contributed by atoms with Crippen LogP contribution in [0.3, 0.4) is 0 Å². The Kier molecular flexibility index (Phi) is 22.8. The molecule has 252 valence electrons. The lowest BCUT2D eigenvalue weighted by atomic mass is 10.2. The standard InChI is InChI=1S/2C12H20N2O8/c2*15-9(16)5-13(6-10(17)18)3-1-2-4-14(7-11(19)20)8-12(21)22/h2*1-8H2,(H,15,16)(H,17,18)(H,19,20)(H,21,22). The van der Waals surface area contributed by atoms with Gasteiger partial charge in [-0.15, -0.1) is 0 Å². The summed E-state index contributed by atoms with van der Waals surface area (Å²) in [6, 6.07) is 0. The highest BCUT2D eigenvalue weighted by molar-refractivity contribution is 5.74. The van der Waals surface area contributed by atoms with Gasteiger partial charge in [0, 0.05) is 0 Å². The molecule has 0 aliphatic carbocycles. The molecule has 0 aliphatic heterocycles. The van der Waals surface area contributed by atoms with E-state index in [1.807, 2.05) is 0 Å². The lowest BCUT2D eigenvalue weighted by Gasteiger charge is -2.20. The summed E-state index contributed by atoms with van der Waals surface area (Å²) in [6.07, 6.45) is 1.71. The molecule has 0 aromatic carbocycles. The van der Waals surface area contributed by atoms with E-state index >= 15 is 0 Å². The van der Waals surface area contributed by atoms with E-state index in [1.54, 1.807) is 0 Å². The summed E-state index contributed by atoms with van der Waals surface area (Å²) < 4.78 is 0. The quantitative estimate of drug-likeness (QED) is 0.0450. The first-order chi connectivity index (χ1) is 20.4. The molecule has 0 saturated carbocycles. The minimum Gasteiger partial charge on any atom is -0.480 e. The van der Waals surface area contributed by atoms with E-state index in [1.165, 1.54) is 19.6 Å². The fraction of sp³-hybridized carbons (Fsp3) is 0.667. The Bertz CT molecular complexity index is 760. The minimum absolute atomic E-state index is 0.215. The van der Waals surface area contributed by atoms with Gasteiger partial charge in [-0.05, 0) is 51.9 Å². The van der Waals surface area contributed by atoms with Gasteiger partial charge in [0.2, 0.25) is 0 Å². The topological polar surface area (TPSA) is 311 Å². The molecule has 0 bridgehead atoms. The first-order valence-corrected chi connectivity index (χ1v) is 13.0. The van der Waals surface area contributed by atoms with Gasteiger partial charge in [-0.2, -0.15) is 0 Å². The summed E-state index contributed by atoms with van der Waals surface area (Å²) in [5.41, 5.74) is 0. The van der Waals surface area contributed by atoms with Crippen LogP contribution in [0.1, 0.15) is 25.7 Å². The van der Waals surface area contributed by atoms with Crippen molar-refractivity contribution in [2.75, 3.05) is 78.5 Å². The van der Waals surface area contributed by atoms with Crippen LogP contribution < -0.4 is 0 Å². The van der Waals surface area contributed by atoms with Gasteiger partial charge in [0.1, 0.15) is 0 Å². The molecule has 20 heteroatoms. The largest absolute Gasteiger partial charge is 0.480 e. The molecule has 0 radical (unpaired) electrons. The summed E-state index contributed by atoms with van der Waals surface area (Å²) in [6.45, 7) is -2.36. The van der Waals surface area contributed by atoms with Crippen LogP contribution in [0.15, 0.2) is 0 Å². The third kappa shape index (κ3) is 29.1. The van der Waals surface area contributed by atoms with Gasteiger partial charge in [0.15, 0.2) is 0 Å². The zero-order valence-corrected chi connectivity index (χ0v) is 23.9. The second kappa shape index (κ2) is 24.1. The molecule has 0 aromatic heterocycles. The average Bonchev–Trinajstić information content (AvgIpc) is 2.81. The zero-order valence-electron chi connectivity index (χ0n) is 23.9. The van der Waals surface area contributed by atoms with Gasteiger partial charge in [0.05, 0.1) is 52.4 Å². The zero-order chi connectivity index (χ0) is 34.2. The first-order valence-electron chi connectivity index (χ1n) is 13.0. The van der Waals surface area contributed by atoms with Crippen LogP contribution in [-0.2, 0) is 38.4 Å². The predicted molar refractivity (Wildman–Crippen MR) is 145 cm³/mol. The molecular formula is C24H40N4O16. The highest BCUT2D eigenvalue weighted by atomic mass is 16.4. The van der Waals surface area contributed by atoms with Crippen LogP contribution in [0.4, 0.5) is 0 Å². The van der Waals surface area contributed by atoms with Gasteiger partial charge in [-0.1, -0.05) is 0 Å². The molecule has 0 rings (SSSR count). The van der Waals surface area contributed by atoms with Gasteiger partial charge >= 0.3 is 47.8 Å². The Morgan fingerprint density at radius 1 is 0.273 bits per heavy atom. The second-order valence-corrected chi connectivity index (χ2v) is 9.41. The maximum atomic E-state index is 10.6. The summed E-state index contributed by atoms with van der Waals surface area (Å²) in [4.78, 5) is 89.8. The molecule has 0 saturated heterocycles. The Morgan fingerprint density at radius 2 is 0.386 bits per heavy atom. The van der Waals surface area contributed by atoms with Crippen molar-refractivity contribution in [3.8, 4) is 0 Å². The number of carboxylic acids is 8. The van der Waals surface area contributed by atoms with Gasteiger partial charge in [-0.3, -0.25) is 58.0 Å². The predicted octanol–water partition coefficient (Wildman–Crippen LogP) is -2.58. The molecule has 8 N–H and O–H groups in total. The average molecular weight is 641 g/mol. The minimum atomic E-state index is -1.14. The Balaban J connectivity index is 0. The van der Waals surface area contributed by atoms with E-state index in [9.17, 15) is 38.4 Å². The number of unbranched alkanes of at least 4 members (excludes halogenated alkanes) is 2. The van der Waals surface area contributed by atoms with Gasteiger partial charge in [0.25, 0.3) is 0 Å². The lowest BCUT2D eigenvalue weighted by Crippen LogP contribution is -2.37. The van der Waals surface area contributed by atoms with E-state index in [0.29, 0.717) is 25.7 Å². The van der Waals surface area contributed by atoms with Crippen LogP contribution in [0.5, 0.6) is 0 Å². The molecule has 0 amide bonds. The SMILES string of the molecule is O=C(O)CN(CCCCN(CC(=O)O)CC(=O)O)CC(=O)O.O=C(O)CN(CCCCN(CC(=O)O)CC(=O)O)CC(=O)O. The molecule has 0 aliphatic rings. The maximum absolute atomic E-state index is 10.6. The van der Waals surface area contributed by atoms with Crippen molar-refractivity contribution in [1.29, 1.82) is 0 Å². The summed E-state index contributed by atoms with van der Waals surface area (Å²) in [7, 11) is 0. The maximum Gasteiger partial charge on any atom is 0.317 e. The van der Waals surface area contributed by atoms with Crippen LogP contribution in [0.25, 0.3) is 0 Å². The van der Waals surface area contributed by atoms with Crippen molar-refractivity contribution in [3.05, 3.63) is 0 Å². The number of hydrogen-bond donors (Lipinski definition) is 8. The number of nitrogens with zero attached hydrogens (tertiary/aromatic N) is 4. The third-order valence-electron chi connectivity index (χ3n) is 5.27. The van der Waals surface area contributed by atoms with Crippen LogP contribution in [-0.4, -0.2) is 187 Å². The van der Waals surface area contributed by atoms with Crippen molar-refractivity contribution in [1.82, 2.24) is 19.6 Å². The van der Waals surface area contributed by atoms with Crippen molar-refractivity contribution in [2.24, 2.45) is 0 Å². The van der Waals surface area contributed by atoms with E-state index < -0.39 is 100 Å². The summed E-state index contributed by atoms with van der Waals surface area (Å²) in [5, 5.41) is 69.3. The van der Waals surface area contributed by atoms with E-state index in [-0.39, 0.29) is 26.2 Å². The fourth-order valence-electron chi connectivity index (χ4n) is 3.73. The lowest BCUT2D eigenvalue weighted by molar-refractivity contribution is -0.144. The summed E-state index contributed by atoms with van der Waals surface area (Å²) >= 11 is 0. The van der Waals surface area contributed by atoms with Gasteiger partial charge < -0.3 is 40.9 Å². The highest BCUT2D eigenvalue weighted by Gasteiger charge is 2.17. The molecule has 0 spiro atoms. The number of aliphatic carboxylic acids is 8. The number of hydrogen-bond acceptors (Lipinski definition) is 12. The smallest absolute Gasteiger partial charge is 0.317 e. The number of carboxylic acid groups (broad SMARTS) is 8. The fourth-order valence-corrected chi connectivity index (χ4v) is 3.73. The molecule has 0 atom stereocenters. The highest BCUT2D eigenvalue weighted by Crippen LogP contribution is 2.01. The first kappa shape index (κ1) is 41.7.